The predicted octanol–water partition coefficient (Wildman–Crippen LogP) is 1.45. The molecular formula is C8H3N7O9. The first-order valence-electron chi connectivity index (χ1n) is 5.57. The van der Waals surface area contributed by atoms with Gasteiger partial charge in [-0.3, -0.25) is 30.3 Å². The summed E-state index contributed by atoms with van der Waals surface area (Å²) in [7, 11) is 0. The van der Waals surface area contributed by atoms with Gasteiger partial charge in [-0.25, -0.2) is 0 Å². The van der Waals surface area contributed by atoms with Gasteiger partial charge >= 0.3 is 17.2 Å². The van der Waals surface area contributed by atoms with Crippen molar-refractivity contribution >= 4 is 34.4 Å². The number of nitrogens with zero attached hydrogens (tertiary/aromatic N) is 6. The van der Waals surface area contributed by atoms with Gasteiger partial charge in [0, 0.05) is 5.16 Å². The number of rotatable bonds is 6. The van der Waals surface area contributed by atoms with E-state index in [9.17, 15) is 40.5 Å². The van der Waals surface area contributed by atoms with Crippen LogP contribution in [0.2, 0.25) is 0 Å². The monoisotopic (exact) mass is 341 g/mol. The Labute approximate surface area is 128 Å². The molecule has 2 aromatic rings. The van der Waals surface area contributed by atoms with E-state index in [2.05, 4.69) is 14.9 Å². The quantitative estimate of drug-likeness (QED) is 0.581. The molecule has 0 saturated carbocycles. The van der Waals surface area contributed by atoms with Crippen LogP contribution in [0, 0.1) is 40.5 Å². The number of nitrogens with one attached hydrogen (secondary N) is 1. The van der Waals surface area contributed by atoms with Crippen LogP contribution < -0.4 is 5.32 Å². The lowest BCUT2D eigenvalue weighted by Gasteiger charge is -2.04. The molecule has 0 bridgehead atoms. The zero-order chi connectivity index (χ0) is 18.0. The maximum atomic E-state index is 11.0. The van der Waals surface area contributed by atoms with E-state index in [1.165, 1.54) is 0 Å². The van der Waals surface area contributed by atoms with Crippen molar-refractivity contribution in [1.82, 2.24) is 10.3 Å². The summed E-state index contributed by atoms with van der Waals surface area (Å²) >= 11 is 0. The molecule has 0 aliphatic carbocycles. The van der Waals surface area contributed by atoms with Crippen LogP contribution >= 0.6 is 0 Å². The number of hydrogen-bond donors (Lipinski definition) is 1. The molecule has 0 atom stereocenters. The summed E-state index contributed by atoms with van der Waals surface area (Å²) in [5, 5.41) is 51.5. The third-order valence-corrected chi connectivity index (χ3v) is 2.57. The molecule has 0 aliphatic rings. The minimum Gasteiger partial charge on any atom is -0.358 e. The Bertz CT molecular complexity index is 840. The highest BCUT2D eigenvalue weighted by Crippen LogP contribution is 2.40. The van der Waals surface area contributed by atoms with E-state index in [-0.39, 0.29) is 0 Å². The number of non-ortho nitro benzene ring substituents is 1. The van der Waals surface area contributed by atoms with Crippen LogP contribution in [0.25, 0.3) is 0 Å². The SMILES string of the molecule is O=[N+]([O-])c1cc([N+](=O)[O-])c(Nc2nonc2[N+](=O)[O-])c([N+](=O)[O-])c1. The summed E-state index contributed by atoms with van der Waals surface area (Å²) in [6.45, 7) is 0. The second-order valence-corrected chi connectivity index (χ2v) is 3.95. The number of anilines is 2. The van der Waals surface area contributed by atoms with Crippen LogP contribution in [0.1, 0.15) is 0 Å². The average molecular weight is 341 g/mol. The van der Waals surface area contributed by atoms with E-state index in [0.717, 1.165) is 0 Å². The van der Waals surface area contributed by atoms with Gasteiger partial charge in [0.1, 0.15) is 0 Å². The Morgan fingerprint density at radius 1 is 0.833 bits per heavy atom. The largest absolute Gasteiger partial charge is 0.459 e. The van der Waals surface area contributed by atoms with Gasteiger partial charge in [0.05, 0.1) is 26.9 Å². The van der Waals surface area contributed by atoms with E-state index in [1.54, 1.807) is 0 Å². The first-order chi connectivity index (χ1) is 11.2. The normalized spacial score (nSPS) is 10.2. The zero-order valence-corrected chi connectivity index (χ0v) is 11.0. The Hall–Kier alpha value is -4.24. The van der Waals surface area contributed by atoms with Crippen LogP contribution in [0.4, 0.5) is 34.4 Å². The minimum absolute atomic E-state index is 0.453. The summed E-state index contributed by atoms with van der Waals surface area (Å²) < 4.78 is 4.09. The maximum absolute atomic E-state index is 11.0. The van der Waals surface area contributed by atoms with Crippen LogP contribution in [0.5, 0.6) is 0 Å². The molecule has 0 saturated heterocycles. The van der Waals surface area contributed by atoms with Gasteiger partial charge in [0.25, 0.3) is 11.5 Å². The van der Waals surface area contributed by atoms with E-state index in [4.69, 9.17) is 0 Å². The molecular weight excluding hydrogens is 338 g/mol. The van der Waals surface area contributed by atoms with E-state index >= 15 is 0 Å². The lowest BCUT2D eigenvalue weighted by Crippen LogP contribution is -2.05. The Morgan fingerprint density at radius 3 is 1.79 bits per heavy atom. The van der Waals surface area contributed by atoms with E-state index < -0.39 is 54.1 Å². The van der Waals surface area contributed by atoms with Crippen molar-refractivity contribution in [2.45, 2.75) is 0 Å². The Balaban J connectivity index is 2.68. The molecule has 0 radical (unpaired) electrons. The molecule has 16 nitrogen and oxygen atoms in total. The highest BCUT2D eigenvalue weighted by Gasteiger charge is 2.34. The van der Waals surface area contributed by atoms with Crippen molar-refractivity contribution in [2.24, 2.45) is 0 Å². The topological polar surface area (TPSA) is 224 Å². The molecule has 1 aromatic heterocycles. The Kier molecular flexibility index (Phi) is 3.94. The molecule has 124 valence electrons. The summed E-state index contributed by atoms with van der Waals surface area (Å²) in [6.07, 6.45) is 0. The van der Waals surface area contributed by atoms with Crippen molar-refractivity contribution in [3.8, 4) is 0 Å². The van der Waals surface area contributed by atoms with E-state index in [0.29, 0.717) is 12.1 Å². The fourth-order valence-electron chi connectivity index (χ4n) is 1.62. The number of benzene rings is 1. The zero-order valence-electron chi connectivity index (χ0n) is 11.0. The van der Waals surface area contributed by atoms with Crippen LogP contribution in [-0.4, -0.2) is 30.0 Å². The number of nitro benzene ring substituents is 3. The second-order valence-electron chi connectivity index (χ2n) is 3.95. The van der Waals surface area contributed by atoms with Crippen molar-refractivity contribution in [2.75, 3.05) is 5.32 Å². The van der Waals surface area contributed by atoms with Crippen molar-refractivity contribution in [3.05, 3.63) is 52.6 Å². The van der Waals surface area contributed by atoms with Crippen molar-refractivity contribution < 1.29 is 24.3 Å². The number of aromatic nitrogens is 2. The van der Waals surface area contributed by atoms with Gasteiger partial charge in [-0.2, -0.15) is 0 Å². The molecule has 0 spiro atoms. The van der Waals surface area contributed by atoms with Crippen LogP contribution in [0.15, 0.2) is 16.8 Å². The molecule has 0 amide bonds. The highest BCUT2D eigenvalue weighted by molar-refractivity contribution is 5.81. The standard InChI is InChI=1S/C8H3N7O9/c16-12(17)3-1-4(13(18)19)6(5(2-3)14(20)21)9-7-8(15(22)23)11-24-10-7/h1-2H,(H,9,10). The van der Waals surface area contributed by atoms with Crippen molar-refractivity contribution in [3.63, 3.8) is 0 Å². The third-order valence-electron chi connectivity index (χ3n) is 2.57. The molecule has 1 N–H and O–H groups in total. The van der Waals surface area contributed by atoms with Gasteiger partial charge in [-0.1, -0.05) is 0 Å². The summed E-state index contributed by atoms with van der Waals surface area (Å²) in [5.41, 5.74) is -3.89. The lowest BCUT2D eigenvalue weighted by molar-refractivity contribution is -0.401. The first-order valence-corrected chi connectivity index (χ1v) is 5.57. The minimum atomic E-state index is -1.14. The summed E-state index contributed by atoms with van der Waals surface area (Å²) in [4.78, 5) is 39.1. The van der Waals surface area contributed by atoms with Gasteiger partial charge < -0.3 is 15.4 Å². The van der Waals surface area contributed by atoms with E-state index in [1.807, 2.05) is 5.32 Å². The van der Waals surface area contributed by atoms with Gasteiger partial charge in [-0.15, -0.1) is 4.63 Å². The fourth-order valence-corrected chi connectivity index (χ4v) is 1.62. The molecule has 0 fully saturated rings. The first kappa shape index (κ1) is 16.1. The molecule has 0 unspecified atom stereocenters. The summed E-state index contributed by atoms with van der Waals surface area (Å²) in [5.74, 6) is -1.74. The highest BCUT2D eigenvalue weighted by atomic mass is 16.6. The van der Waals surface area contributed by atoms with Crippen molar-refractivity contribution in [1.29, 1.82) is 0 Å². The second kappa shape index (κ2) is 5.87. The van der Waals surface area contributed by atoms with Crippen LogP contribution in [0.3, 0.4) is 0 Å². The molecule has 2 rings (SSSR count). The van der Waals surface area contributed by atoms with Crippen LogP contribution in [-0.2, 0) is 0 Å². The predicted molar refractivity (Wildman–Crippen MR) is 70.6 cm³/mol. The lowest BCUT2D eigenvalue weighted by atomic mass is 10.2. The molecule has 1 heterocycles. The maximum Gasteiger partial charge on any atom is 0.459 e. The number of hydrogen-bond acceptors (Lipinski definition) is 12. The third kappa shape index (κ3) is 2.86. The molecule has 0 aliphatic heterocycles. The average Bonchev–Trinajstić information content (AvgIpc) is 2.94. The summed E-state index contributed by atoms with van der Waals surface area (Å²) in [6, 6.07) is 0.906. The number of nitro groups is 4. The molecule has 1 aromatic carbocycles. The fraction of sp³-hybridized carbons (Fsp3) is 0. The van der Waals surface area contributed by atoms with Gasteiger partial charge in [0.2, 0.25) is 0 Å². The smallest absolute Gasteiger partial charge is 0.358 e. The Morgan fingerprint density at radius 2 is 1.38 bits per heavy atom. The molecule has 16 heteroatoms. The van der Waals surface area contributed by atoms with Gasteiger partial charge in [-0.05, 0) is 4.92 Å². The molecule has 24 heavy (non-hydrogen) atoms. The van der Waals surface area contributed by atoms with Gasteiger partial charge in [0.15, 0.2) is 10.8 Å².